The summed E-state index contributed by atoms with van der Waals surface area (Å²) in [7, 11) is 0. The van der Waals surface area contributed by atoms with Gasteiger partial charge >= 0.3 is 5.97 Å². The molecule has 2 fully saturated rings. The Morgan fingerprint density at radius 1 is 1.42 bits per heavy atom. The van der Waals surface area contributed by atoms with Gasteiger partial charge in [0.25, 0.3) is 5.91 Å². The third-order valence-electron chi connectivity index (χ3n) is 5.23. The van der Waals surface area contributed by atoms with E-state index in [1.807, 2.05) is 12.3 Å². The van der Waals surface area contributed by atoms with Crippen LogP contribution in [0.3, 0.4) is 0 Å². The van der Waals surface area contributed by atoms with E-state index in [-0.39, 0.29) is 11.8 Å². The van der Waals surface area contributed by atoms with Gasteiger partial charge in [-0.25, -0.2) is 9.78 Å². The van der Waals surface area contributed by atoms with E-state index in [1.165, 1.54) is 0 Å². The Hall–Kier alpha value is -2.15. The second-order valence-electron chi connectivity index (χ2n) is 6.65. The molecule has 3 unspecified atom stereocenters. The largest absolute Gasteiger partial charge is 0.480 e. The summed E-state index contributed by atoms with van der Waals surface area (Å²) in [4.78, 5) is 33.5. The summed E-state index contributed by atoms with van der Waals surface area (Å²) in [5.41, 5.74) is 2.12. The first-order valence-electron chi connectivity index (χ1n) is 8.19. The van der Waals surface area contributed by atoms with Crippen molar-refractivity contribution in [2.45, 2.75) is 32.2 Å². The third-order valence-corrected chi connectivity index (χ3v) is 6.01. The van der Waals surface area contributed by atoms with Crippen molar-refractivity contribution in [2.24, 2.45) is 11.8 Å². The second kappa shape index (κ2) is 5.73. The number of rotatable bonds is 3. The lowest BCUT2D eigenvalue weighted by molar-refractivity contribution is -0.142. The number of fused-ring (bicyclic) bond motifs is 1. The molecule has 126 valence electrons. The molecule has 1 aliphatic carbocycles. The second-order valence-corrected chi connectivity index (χ2v) is 7.71. The summed E-state index contributed by atoms with van der Waals surface area (Å²) in [5.74, 6) is -0.692. The molecular formula is C17H19N3O3S. The highest BCUT2D eigenvalue weighted by Crippen LogP contribution is 2.42. The van der Waals surface area contributed by atoms with Crippen LogP contribution in [-0.4, -0.2) is 44.4 Å². The van der Waals surface area contributed by atoms with Crippen LogP contribution in [0.1, 0.15) is 34.8 Å². The molecule has 2 aromatic heterocycles. The van der Waals surface area contributed by atoms with Crippen molar-refractivity contribution in [1.29, 1.82) is 0 Å². The fraction of sp³-hybridized carbons (Fsp3) is 0.471. The van der Waals surface area contributed by atoms with Gasteiger partial charge in [-0.1, -0.05) is 6.42 Å². The zero-order chi connectivity index (χ0) is 16.8. The molecule has 0 spiro atoms. The summed E-state index contributed by atoms with van der Waals surface area (Å²) in [5, 5.41) is 12.5. The van der Waals surface area contributed by atoms with Crippen LogP contribution in [0, 0.1) is 18.8 Å². The fourth-order valence-electron chi connectivity index (χ4n) is 4.15. The number of nitrogens with zero attached hydrogens (tertiary/aromatic N) is 2. The lowest BCUT2D eigenvalue weighted by Gasteiger charge is -2.23. The van der Waals surface area contributed by atoms with Crippen LogP contribution in [0.5, 0.6) is 0 Å². The van der Waals surface area contributed by atoms with Gasteiger partial charge in [0, 0.05) is 23.7 Å². The standard InChI is InChI=1S/C17H19N3O3S/c1-9-19-14(8-24-9)11-5-13(18-6-11)16(21)20-7-10-3-2-4-12(10)15(20)17(22)23/h5-6,8,10,12,15,18H,2-4,7H2,1H3,(H,22,23). The Labute approximate surface area is 143 Å². The molecule has 0 radical (unpaired) electrons. The number of carboxylic acid groups (broad SMARTS) is 1. The zero-order valence-corrected chi connectivity index (χ0v) is 14.2. The summed E-state index contributed by atoms with van der Waals surface area (Å²) in [6.45, 7) is 2.48. The van der Waals surface area contributed by atoms with Gasteiger partial charge < -0.3 is 15.0 Å². The molecule has 1 aliphatic heterocycles. The first kappa shape index (κ1) is 15.4. The number of H-pyrrole nitrogens is 1. The molecule has 1 amide bonds. The number of aromatic amines is 1. The van der Waals surface area contributed by atoms with Gasteiger partial charge in [-0.15, -0.1) is 11.3 Å². The predicted octanol–water partition coefficient (Wildman–Crippen LogP) is 2.77. The van der Waals surface area contributed by atoms with Gasteiger partial charge in [0.2, 0.25) is 0 Å². The number of aromatic nitrogens is 2. The average molecular weight is 345 g/mol. The highest BCUT2D eigenvalue weighted by atomic mass is 32.1. The Bertz CT molecular complexity index is 797. The van der Waals surface area contributed by atoms with Crippen LogP contribution in [0.15, 0.2) is 17.6 Å². The number of carbonyl (C=O) groups is 2. The topological polar surface area (TPSA) is 86.3 Å². The molecule has 3 atom stereocenters. The maximum Gasteiger partial charge on any atom is 0.326 e. The number of hydrogen-bond donors (Lipinski definition) is 2. The number of carboxylic acids is 1. The van der Waals surface area contributed by atoms with Gasteiger partial charge in [-0.2, -0.15) is 0 Å². The van der Waals surface area contributed by atoms with Crippen LogP contribution in [0.25, 0.3) is 11.3 Å². The van der Waals surface area contributed by atoms with Crippen molar-refractivity contribution in [3.05, 3.63) is 28.3 Å². The minimum atomic E-state index is -0.889. The Morgan fingerprint density at radius 3 is 2.96 bits per heavy atom. The number of carbonyl (C=O) groups excluding carboxylic acids is 1. The number of amides is 1. The third kappa shape index (κ3) is 2.43. The van der Waals surface area contributed by atoms with Crippen LogP contribution >= 0.6 is 11.3 Å². The molecule has 2 aliphatic rings. The highest BCUT2D eigenvalue weighted by molar-refractivity contribution is 7.09. The molecule has 6 nitrogen and oxygen atoms in total. The van der Waals surface area contributed by atoms with Crippen molar-refractivity contribution in [3.8, 4) is 11.3 Å². The summed E-state index contributed by atoms with van der Waals surface area (Å²) in [6, 6.07) is 1.07. The maximum atomic E-state index is 12.9. The van der Waals surface area contributed by atoms with E-state index in [4.69, 9.17) is 0 Å². The van der Waals surface area contributed by atoms with Crippen LogP contribution < -0.4 is 0 Å². The summed E-state index contributed by atoms with van der Waals surface area (Å²) in [6.07, 6.45) is 4.75. The molecule has 1 saturated heterocycles. The maximum absolute atomic E-state index is 12.9. The molecule has 3 heterocycles. The van der Waals surface area contributed by atoms with E-state index in [2.05, 4.69) is 9.97 Å². The van der Waals surface area contributed by atoms with Gasteiger partial charge in [-0.05, 0) is 37.7 Å². The Morgan fingerprint density at radius 2 is 2.25 bits per heavy atom. The fourth-order valence-corrected chi connectivity index (χ4v) is 4.77. The predicted molar refractivity (Wildman–Crippen MR) is 89.9 cm³/mol. The first-order chi connectivity index (χ1) is 11.5. The molecular weight excluding hydrogens is 326 g/mol. The van der Waals surface area contributed by atoms with Gasteiger partial charge in [0.1, 0.15) is 11.7 Å². The van der Waals surface area contributed by atoms with Crippen molar-refractivity contribution < 1.29 is 14.7 Å². The first-order valence-corrected chi connectivity index (χ1v) is 9.07. The summed E-state index contributed by atoms with van der Waals surface area (Å²) >= 11 is 1.56. The molecule has 4 rings (SSSR count). The van der Waals surface area contributed by atoms with Crippen molar-refractivity contribution in [1.82, 2.24) is 14.9 Å². The Kier molecular flexibility index (Phi) is 3.68. The minimum absolute atomic E-state index is 0.0991. The molecule has 1 saturated carbocycles. The van der Waals surface area contributed by atoms with Crippen molar-refractivity contribution in [3.63, 3.8) is 0 Å². The highest BCUT2D eigenvalue weighted by Gasteiger charge is 2.49. The van der Waals surface area contributed by atoms with Crippen LogP contribution in [0.2, 0.25) is 0 Å². The molecule has 7 heteroatoms. The SMILES string of the molecule is Cc1nc(-c2c[nH]c(C(=O)N3CC4CCCC4C3C(=O)O)c2)cs1. The van der Waals surface area contributed by atoms with Gasteiger partial charge in [-0.3, -0.25) is 4.79 Å². The quantitative estimate of drug-likeness (QED) is 0.895. The number of aryl methyl sites for hydroxylation is 1. The van der Waals surface area contributed by atoms with E-state index in [0.717, 1.165) is 35.5 Å². The monoisotopic (exact) mass is 345 g/mol. The van der Waals surface area contributed by atoms with Crippen molar-refractivity contribution >= 4 is 23.2 Å². The number of aliphatic carboxylic acids is 1. The van der Waals surface area contributed by atoms with Crippen LogP contribution in [-0.2, 0) is 4.79 Å². The van der Waals surface area contributed by atoms with E-state index in [0.29, 0.717) is 18.2 Å². The lowest BCUT2D eigenvalue weighted by atomic mass is 9.94. The normalized spacial score (nSPS) is 25.9. The van der Waals surface area contributed by atoms with E-state index in [1.54, 1.807) is 28.5 Å². The van der Waals surface area contributed by atoms with E-state index in [9.17, 15) is 14.7 Å². The molecule has 0 aromatic carbocycles. The van der Waals surface area contributed by atoms with E-state index < -0.39 is 12.0 Å². The van der Waals surface area contributed by atoms with E-state index >= 15 is 0 Å². The average Bonchev–Trinajstić information content (AvgIpc) is 3.28. The molecule has 0 bridgehead atoms. The smallest absolute Gasteiger partial charge is 0.326 e. The summed E-state index contributed by atoms with van der Waals surface area (Å²) < 4.78 is 0. The Balaban J connectivity index is 1.59. The molecule has 2 aromatic rings. The number of thiazole rings is 1. The number of hydrogen-bond acceptors (Lipinski definition) is 4. The lowest BCUT2D eigenvalue weighted by Crippen LogP contribution is -2.43. The number of likely N-dealkylation sites (tertiary alicyclic amines) is 1. The minimum Gasteiger partial charge on any atom is -0.480 e. The molecule has 2 N–H and O–H groups in total. The van der Waals surface area contributed by atoms with Gasteiger partial charge in [0.15, 0.2) is 0 Å². The zero-order valence-electron chi connectivity index (χ0n) is 13.4. The number of nitrogens with one attached hydrogen (secondary N) is 1. The van der Waals surface area contributed by atoms with Gasteiger partial charge in [0.05, 0.1) is 10.7 Å². The van der Waals surface area contributed by atoms with Crippen molar-refractivity contribution in [2.75, 3.05) is 6.54 Å². The van der Waals surface area contributed by atoms with Crippen LogP contribution in [0.4, 0.5) is 0 Å². The molecule has 24 heavy (non-hydrogen) atoms.